The largest absolute Gasteiger partial charge is 0.609 e. The molecule has 28 heavy (non-hydrogen) atoms. The minimum atomic E-state index is -3.91. The van der Waals surface area contributed by atoms with Crippen LogP contribution >= 0.6 is 0 Å². The maximum Gasteiger partial charge on any atom is 0.427 e. The van der Waals surface area contributed by atoms with Crippen molar-refractivity contribution in [1.29, 1.82) is 0 Å². The second-order valence-electron chi connectivity index (χ2n) is 5.90. The van der Waals surface area contributed by atoms with Gasteiger partial charge in [0, 0.05) is 29.0 Å². The van der Waals surface area contributed by atoms with Gasteiger partial charge in [-0.25, -0.2) is 4.39 Å². The van der Waals surface area contributed by atoms with Gasteiger partial charge in [-0.2, -0.15) is 13.8 Å². The first-order valence-corrected chi connectivity index (χ1v) is 9.73. The molecule has 1 unspecified atom stereocenters. The Kier molecular flexibility index (Phi) is 5.99. The van der Waals surface area contributed by atoms with Crippen LogP contribution in [-0.2, 0) is 16.9 Å². The van der Waals surface area contributed by atoms with Crippen molar-refractivity contribution >= 4 is 22.2 Å². The molecule has 2 aromatic heterocycles. The van der Waals surface area contributed by atoms with Gasteiger partial charge in [0.15, 0.2) is 12.4 Å². The van der Waals surface area contributed by atoms with E-state index in [1.54, 1.807) is 12.3 Å². The lowest BCUT2D eigenvalue weighted by Gasteiger charge is -2.13. The van der Waals surface area contributed by atoms with E-state index >= 15 is 0 Å². The molecule has 0 bridgehead atoms. The number of rotatable bonds is 8. The summed E-state index contributed by atoms with van der Waals surface area (Å²) in [5.74, 6) is 0.543. The van der Waals surface area contributed by atoms with Gasteiger partial charge in [0.25, 0.3) is 0 Å². The highest BCUT2D eigenvalue weighted by Crippen LogP contribution is 2.27. The highest BCUT2D eigenvalue weighted by atomic mass is 32.2. The van der Waals surface area contributed by atoms with Crippen molar-refractivity contribution in [3.05, 3.63) is 41.7 Å². The van der Waals surface area contributed by atoms with Crippen molar-refractivity contribution in [2.45, 2.75) is 30.9 Å². The van der Waals surface area contributed by atoms with Gasteiger partial charge in [-0.15, -0.1) is 0 Å². The lowest BCUT2D eigenvalue weighted by atomic mass is 10.2. The summed E-state index contributed by atoms with van der Waals surface area (Å²) in [5, 5.41) is 0.174. The third-order valence-electron chi connectivity index (χ3n) is 3.90. The fourth-order valence-corrected chi connectivity index (χ4v) is 3.64. The molecule has 150 valence electrons. The summed E-state index contributed by atoms with van der Waals surface area (Å²) in [5.41, 5.74) is 2.17. The second-order valence-corrected chi connectivity index (χ2v) is 7.26. The Morgan fingerprint density at radius 3 is 2.79 bits per heavy atom. The number of nitrogens with zero attached hydrogens (tertiary/aromatic N) is 2. The minimum Gasteiger partial charge on any atom is -0.609 e. The normalized spacial score (nSPS) is 12.9. The number of fused-ring (bicyclic) bond motifs is 1. The number of nitrogens with one attached hydrogen (secondary N) is 1. The number of hydrogen-bond acceptors (Lipinski definition) is 5. The summed E-state index contributed by atoms with van der Waals surface area (Å²) in [6, 6.07) is 5.68. The van der Waals surface area contributed by atoms with E-state index < -0.39 is 24.0 Å². The van der Waals surface area contributed by atoms with Crippen molar-refractivity contribution in [2.75, 3.05) is 13.3 Å². The van der Waals surface area contributed by atoms with E-state index in [9.17, 15) is 17.7 Å². The summed E-state index contributed by atoms with van der Waals surface area (Å²) in [6.45, 7) is 2.27. The summed E-state index contributed by atoms with van der Waals surface area (Å²) < 4.78 is 60.9. The van der Waals surface area contributed by atoms with Crippen molar-refractivity contribution in [3.8, 4) is 11.5 Å². The van der Waals surface area contributed by atoms with Gasteiger partial charge in [-0.3, -0.25) is 9.97 Å². The van der Waals surface area contributed by atoms with E-state index in [-0.39, 0.29) is 22.2 Å². The van der Waals surface area contributed by atoms with Crippen LogP contribution in [0.15, 0.2) is 35.6 Å². The molecule has 0 saturated carbocycles. The number of aromatic nitrogens is 3. The monoisotopic (exact) mass is 413 g/mol. The molecule has 0 radical (unpaired) electrons. The van der Waals surface area contributed by atoms with Crippen LogP contribution in [-0.4, -0.2) is 38.9 Å². The molecule has 0 amide bonds. The molecule has 1 atom stereocenters. The predicted octanol–water partition coefficient (Wildman–Crippen LogP) is 3.91. The molecule has 6 nitrogen and oxygen atoms in total. The number of aromatic amines is 1. The standard InChI is InChI=1S/C18H18F3N3O3S/c1-3-26-16-6-7-22-15(11(16)2)9-28(25)17-23-13-5-4-12(8-14(13)24-17)27-18(20,21)10-19/h4-8H,3,9-10H2,1-2H3,(H,23,24). The molecule has 10 heteroatoms. The number of hydrogen-bond donors (Lipinski definition) is 1. The summed E-state index contributed by atoms with van der Waals surface area (Å²) in [4.78, 5) is 11.3. The smallest absolute Gasteiger partial charge is 0.427 e. The summed E-state index contributed by atoms with van der Waals surface area (Å²) >= 11 is -1.55. The highest BCUT2D eigenvalue weighted by Gasteiger charge is 2.32. The molecule has 3 aromatic rings. The lowest BCUT2D eigenvalue weighted by Crippen LogP contribution is -2.26. The quantitative estimate of drug-likeness (QED) is 0.566. The molecular formula is C18H18F3N3O3S. The molecule has 0 saturated heterocycles. The molecule has 1 N–H and O–H groups in total. The Bertz CT molecular complexity index is 968. The highest BCUT2D eigenvalue weighted by molar-refractivity contribution is 7.90. The molecular weight excluding hydrogens is 395 g/mol. The third-order valence-corrected chi connectivity index (χ3v) is 5.06. The van der Waals surface area contributed by atoms with Crippen LogP contribution in [0.25, 0.3) is 11.0 Å². The molecule has 2 heterocycles. The molecule has 0 aliphatic carbocycles. The number of benzene rings is 1. The second kappa shape index (κ2) is 8.27. The average molecular weight is 413 g/mol. The molecule has 0 aliphatic heterocycles. The fourth-order valence-electron chi connectivity index (χ4n) is 2.54. The van der Waals surface area contributed by atoms with Crippen molar-refractivity contribution in [3.63, 3.8) is 0 Å². The average Bonchev–Trinajstić information content (AvgIpc) is 3.08. The predicted molar refractivity (Wildman–Crippen MR) is 97.9 cm³/mol. The van der Waals surface area contributed by atoms with Crippen molar-refractivity contribution in [1.82, 2.24) is 15.0 Å². The maximum absolute atomic E-state index is 13.0. The number of alkyl halides is 3. The lowest BCUT2D eigenvalue weighted by molar-refractivity contribution is -0.186. The van der Waals surface area contributed by atoms with Crippen LogP contribution < -0.4 is 9.47 Å². The molecule has 0 fully saturated rings. The molecule has 1 aromatic carbocycles. The van der Waals surface area contributed by atoms with E-state index in [0.717, 1.165) is 5.56 Å². The van der Waals surface area contributed by atoms with E-state index in [1.807, 2.05) is 13.8 Å². The van der Waals surface area contributed by atoms with E-state index in [1.165, 1.54) is 18.2 Å². The van der Waals surface area contributed by atoms with Gasteiger partial charge in [-0.1, -0.05) is 0 Å². The van der Waals surface area contributed by atoms with Gasteiger partial charge < -0.3 is 14.0 Å². The first-order valence-electron chi connectivity index (χ1n) is 8.41. The van der Waals surface area contributed by atoms with E-state index in [2.05, 4.69) is 19.7 Å². The van der Waals surface area contributed by atoms with Gasteiger partial charge in [0.2, 0.25) is 0 Å². The van der Waals surface area contributed by atoms with Gasteiger partial charge >= 0.3 is 11.3 Å². The number of H-pyrrole nitrogens is 1. The van der Waals surface area contributed by atoms with Crippen molar-refractivity contribution in [2.24, 2.45) is 0 Å². The molecule has 0 spiro atoms. The van der Waals surface area contributed by atoms with E-state index in [0.29, 0.717) is 23.6 Å². The number of halogens is 3. The van der Waals surface area contributed by atoms with Crippen LogP contribution in [0.4, 0.5) is 13.2 Å². The van der Waals surface area contributed by atoms with Gasteiger partial charge in [-0.05, 0) is 32.0 Å². The topological polar surface area (TPSA) is 83.1 Å². The summed E-state index contributed by atoms with van der Waals surface area (Å²) in [7, 11) is 0. The van der Waals surface area contributed by atoms with Gasteiger partial charge in [0.1, 0.15) is 11.5 Å². The SMILES string of the molecule is CCOc1ccnc(C[S+]([O-])c2nc3cc(OC(F)(F)CF)ccc3[nH]2)c1C. The first-order chi connectivity index (χ1) is 13.3. The Balaban J connectivity index is 1.81. The fraction of sp³-hybridized carbons (Fsp3) is 0.333. The summed E-state index contributed by atoms with van der Waals surface area (Å²) in [6.07, 6.45) is -2.33. The van der Waals surface area contributed by atoms with Gasteiger partial charge in [0.05, 0.1) is 23.3 Å². The van der Waals surface area contributed by atoms with Crippen LogP contribution in [0.3, 0.4) is 0 Å². The Morgan fingerprint density at radius 2 is 2.07 bits per heavy atom. The van der Waals surface area contributed by atoms with Crippen LogP contribution in [0, 0.1) is 6.92 Å². The zero-order valence-corrected chi connectivity index (χ0v) is 16.0. The van der Waals surface area contributed by atoms with Crippen LogP contribution in [0.1, 0.15) is 18.2 Å². The molecule has 3 rings (SSSR count). The Hall–Kier alpha value is -2.46. The zero-order valence-electron chi connectivity index (χ0n) is 15.2. The first kappa shape index (κ1) is 20.3. The Labute approximate surface area is 162 Å². The number of ether oxygens (including phenoxy) is 2. The number of imidazole rings is 1. The molecule has 0 aliphatic rings. The Morgan fingerprint density at radius 1 is 1.29 bits per heavy atom. The third kappa shape index (κ3) is 4.50. The minimum absolute atomic E-state index is 0.107. The number of pyridine rings is 1. The maximum atomic E-state index is 13.0. The van der Waals surface area contributed by atoms with Crippen LogP contribution in [0.5, 0.6) is 11.5 Å². The van der Waals surface area contributed by atoms with Crippen LogP contribution in [0.2, 0.25) is 0 Å². The van der Waals surface area contributed by atoms with Crippen molar-refractivity contribution < 1.29 is 27.2 Å². The van der Waals surface area contributed by atoms with E-state index in [4.69, 9.17) is 4.74 Å². The zero-order chi connectivity index (χ0) is 20.3.